The topological polar surface area (TPSA) is 55.0 Å². The lowest BCUT2D eigenvalue weighted by molar-refractivity contribution is 0.863. The average molecular weight is 166 g/mol. The van der Waals surface area contributed by atoms with Crippen LogP contribution in [0.1, 0.15) is 5.82 Å². The third-order valence-electron chi connectivity index (χ3n) is 1.58. The molecule has 2 N–H and O–H groups in total. The molecule has 0 saturated carbocycles. The second-order valence-electron chi connectivity index (χ2n) is 2.79. The Kier molecular flexibility index (Phi) is 2.99. The summed E-state index contributed by atoms with van der Waals surface area (Å²) in [6.07, 6.45) is 4.35. The van der Waals surface area contributed by atoms with E-state index in [0.717, 1.165) is 17.9 Å². The first-order chi connectivity index (χ1) is 5.74. The molecular formula is C8H14N4. The number of hydrogen-bond donors (Lipinski definition) is 1. The zero-order valence-corrected chi connectivity index (χ0v) is 7.49. The highest BCUT2D eigenvalue weighted by atomic mass is 15.1. The molecule has 0 spiro atoms. The lowest BCUT2D eigenvalue weighted by Crippen LogP contribution is -2.11. The molecule has 1 heterocycles. The average Bonchev–Trinajstić information content (AvgIpc) is 2.06. The predicted octanol–water partition coefficient (Wildman–Crippen LogP) is 0.0438. The fraction of sp³-hybridized carbons (Fsp3) is 0.500. The Hall–Kier alpha value is -1.16. The minimum absolute atomic E-state index is 0.599. The number of nitrogens with two attached hydrogens (primary N) is 1. The normalized spacial score (nSPS) is 9.92. The standard InChI is InChI=1S/C8H14N4/c1-12(2)7-5-10-8(3-4-9)11-6-7/h5-6H,3-4,9H2,1-2H3. The molecule has 1 rings (SSSR count). The van der Waals surface area contributed by atoms with Gasteiger partial charge in [0.25, 0.3) is 0 Å². The summed E-state index contributed by atoms with van der Waals surface area (Å²) in [5, 5.41) is 0. The molecule has 0 amide bonds. The van der Waals surface area contributed by atoms with Crippen molar-refractivity contribution >= 4 is 5.69 Å². The van der Waals surface area contributed by atoms with E-state index in [1.165, 1.54) is 0 Å². The van der Waals surface area contributed by atoms with E-state index in [1.54, 1.807) is 12.4 Å². The summed E-state index contributed by atoms with van der Waals surface area (Å²) < 4.78 is 0. The van der Waals surface area contributed by atoms with E-state index in [2.05, 4.69) is 9.97 Å². The van der Waals surface area contributed by atoms with Gasteiger partial charge in [-0.1, -0.05) is 0 Å². The van der Waals surface area contributed by atoms with Gasteiger partial charge < -0.3 is 10.6 Å². The summed E-state index contributed by atoms with van der Waals surface area (Å²) in [4.78, 5) is 10.3. The second-order valence-corrected chi connectivity index (χ2v) is 2.79. The van der Waals surface area contributed by atoms with Crippen LogP contribution in [-0.2, 0) is 6.42 Å². The molecule has 4 nitrogen and oxygen atoms in total. The fourth-order valence-electron chi connectivity index (χ4n) is 0.837. The molecule has 0 aliphatic rings. The quantitative estimate of drug-likeness (QED) is 0.689. The molecule has 66 valence electrons. The van der Waals surface area contributed by atoms with Crippen LogP contribution in [0.15, 0.2) is 12.4 Å². The molecule has 0 radical (unpaired) electrons. The van der Waals surface area contributed by atoms with Crippen molar-refractivity contribution in [2.75, 3.05) is 25.5 Å². The number of rotatable bonds is 3. The number of nitrogens with zero attached hydrogens (tertiary/aromatic N) is 3. The maximum Gasteiger partial charge on any atom is 0.129 e. The Labute approximate surface area is 72.4 Å². The van der Waals surface area contributed by atoms with Crippen molar-refractivity contribution in [1.82, 2.24) is 9.97 Å². The predicted molar refractivity (Wildman–Crippen MR) is 49.1 cm³/mol. The molecule has 4 heteroatoms. The summed E-state index contributed by atoms with van der Waals surface area (Å²) >= 11 is 0. The van der Waals surface area contributed by atoms with Crippen molar-refractivity contribution in [3.8, 4) is 0 Å². The van der Waals surface area contributed by atoms with Crippen molar-refractivity contribution < 1.29 is 0 Å². The highest BCUT2D eigenvalue weighted by Gasteiger charge is 1.97. The minimum Gasteiger partial charge on any atom is -0.375 e. The molecule has 0 atom stereocenters. The van der Waals surface area contributed by atoms with Crippen LogP contribution in [0.4, 0.5) is 5.69 Å². The van der Waals surface area contributed by atoms with Gasteiger partial charge in [0.05, 0.1) is 18.1 Å². The van der Waals surface area contributed by atoms with Crippen molar-refractivity contribution in [2.24, 2.45) is 5.73 Å². The Morgan fingerprint density at radius 1 is 1.33 bits per heavy atom. The first kappa shape index (κ1) is 8.93. The minimum atomic E-state index is 0.599. The maximum absolute atomic E-state index is 5.37. The van der Waals surface area contributed by atoms with Gasteiger partial charge in [0.1, 0.15) is 5.82 Å². The van der Waals surface area contributed by atoms with Crippen molar-refractivity contribution in [1.29, 1.82) is 0 Å². The van der Waals surface area contributed by atoms with E-state index in [-0.39, 0.29) is 0 Å². The molecule has 0 aromatic carbocycles. The van der Waals surface area contributed by atoms with E-state index in [1.807, 2.05) is 19.0 Å². The van der Waals surface area contributed by atoms with Crippen LogP contribution in [0, 0.1) is 0 Å². The third-order valence-corrected chi connectivity index (χ3v) is 1.58. The van der Waals surface area contributed by atoms with Gasteiger partial charge in [-0.2, -0.15) is 0 Å². The summed E-state index contributed by atoms with van der Waals surface area (Å²) in [7, 11) is 3.92. The molecule has 0 aliphatic carbocycles. The monoisotopic (exact) mass is 166 g/mol. The van der Waals surface area contributed by atoms with Crippen LogP contribution in [-0.4, -0.2) is 30.6 Å². The maximum atomic E-state index is 5.37. The summed E-state index contributed by atoms with van der Waals surface area (Å²) in [6.45, 7) is 0.599. The van der Waals surface area contributed by atoms with E-state index in [0.29, 0.717) is 6.54 Å². The van der Waals surface area contributed by atoms with E-state index < -0.39 is 0 Å². The van der Waals surface area contributed by atoms with Gasteiger partial charge >= 0.3 is 0 Å². The number of aromatic nitrogens is 2. The molecule has 0 saturated heterocycles. The Balaban J connectivity index is 2.71. The van der Waals surface area contributed by atoms with Gasteiger partial charge in [0.15, 0.2) is 0 Å². The molecular weight excluding hydrogens is 152 g/mol. The largest absolute Gasteiger partial charge is 0.375 e. The van der Waals surface area contributed by atoms with Gasteiger partial charge in [0.2, 0.25) is 0 Å². The fourth-order valence-corrected chi connectivity index (χ4v) is 0.837. The molecule has 0 aliphatic heterocycles. The smallest absolute Gasteiger partial charge is 0.129 e. The lowest BCUT2D eigenvalue weighted by Gasteiger charge is -2.10. The highest BCUT2D eigenvalue weighted by Crippen LogP contribution is 2.05. The van der Waals surface area contributed by atoms with Crippen LogP contribution >= 0.6 is 0 Å². The zero-order chi connectivity index (χ0) is 8.97. The van der Waals surface area contributed by atoms with Gasteiger partial charge in [-0.05, 0) is 6.54 Å². The number of hydrogen-bond acceptors (Lipinski definition) is 4. The zero-order valence-electron chi connectivity index (χ0n) is 7.49. The van der Waals surface area contributed by atoms with Crippen molar-refractivity contribution in [3.05, 3.63) is 18.2 Å². The third kappa shape index (κ3) is 2.17. The molecule has 0 fully saturated rings. The van der Waals surface area contributed by atoms with Gasteiger partial charge in [-0.25, -0.2) is 9.97 Å². The van der Waals surface area contributed by atoms with Crippen LogP contribution in [0.5, 0.6) is 0 Å². The second kappa shape index (κ2) is 4.01. The molecule has 12 heavy (non-hydrogen) atoms. The Bertz CT molecular complexity index is 229. The molecule has 1 aromatic heterocycles. The SMILES string of the molecule is CN(C)c1cnc(CCN)nc1. The van der Waals surface area contributed by atoms with E-state index in [4.69, 9.17) is 5.73 Å². The van der Waals surface area contributed by atoms with Gasteiger partial charge in [0, 0.05) is 20.5 Å². The van der Waals surface area contributed by atoms with Crippen molar-refractivity contribution in [3.63, 3.8) is 0 Å². The van der Waals surface area contributed by atoms with Gasteiger partial charge in [-0.3, -0.25) is 0 Å². The van der Waals surface area contributed by atoms with E-state index in [9.17, 15) is 0 Å². The van der Waals surface area contributed by atoms with Crippen molar-refractivity contribution in [2.45, 2.75) is 6.42 Å². The Morgan fingerprint density at radius 3 is 2.33 bits per heavy atom. The first-order valence-electron chi connectivity index (χ1n) is 3.92. The Morgan fingerprint density at radius 2 is 1.92 bits per heavy atom. The van der Waals surface area contributed by atoms with Crippen LogP contribution < -0.4 is 10.6 Å². The lowest BCUT2D eigenvalue weighted by atomic mass is 10.4. The number of anilines is 1. The summed E-state index contributed by atoms with van der Waals surface area (Å²) in [5.74, 6) is 0.808. The van der Waals surface area contributed by atoms with Crippen LogP contribution in [0.3, 0.4) is 0 Å². The molecule has 1 aromatic rings. The molecule has 0 bridgehead atoms. The van der Waals surface area contributed by atoms with Gasteiger partial charge in [-0.15, -0.1) is 0 Å². The van der Waals surface area contributed by atoms with Crippen LogP contribution in [0.25, 0.3) is 0 Å². The molecule has 0 unspecified atom stereocenters. The first-order valence-corrected chi connectivity index (χ1v) is 3.92. The van der Waals surface area contributed by atoms with Crippen LogP contribution in [0.2, 0.25) is 0 Å². The van der Waals surface area contributed by atoms with E-state index >= 15 is 0 Å². The summed E-state index contributed by atoms with van der Waals surface area (Å²) in [5.41, 5.74) is 6.38. The summed E-state index contributed by atoms with van der Waals surface area (Å²) in [6, 6.07) is 0. The highest BCUT2D eigenvalue weighted by molar-refractivity contribution is 5.39.